The second kappa shape index (κ2) is 7.08. The van der Waals surface area contributed by atoms with E-state index in [9.17, 15) is 4.79 Å². The second-order valence-corrected chi connectivity index (χ2v) is 4.77. The highest BCUT2D eigenvalue weighted by Gasteiger charge is 2.21. The van der Waals surface area contributed by atoms with Crippen molar-refractivity contribution >= 4 is 23.4 Å². The van der Waals surface area contributed by atoms with Crippen LogP contribution >= 0.6 is 11.6 Å². The van der Waals surface area contributed by atoms with Gasteiger partial charge in [-0.3, -0.25) is 4.90 Å². The largest absolute Gasteiger partial charge is 0.491 e. The minimum Gasteiger partial charge on any atom is -0.491 e. The van der Waals surface area contributed by atoms with E-state index in [4.69, 9.17) is 31.5 Å². The van der Waals surface area contributed by atoms with E-state index in [1.165, 1.54) is 6.26 Å². The van der Waals surface area contributed by atoms with E-state index in [0.29, 0.717) is 48.5 Å². The highest BCUT2D eigenvalue weighted by Crippen LogP contribution is 2.27. The van der Waals surface area contributed by atoms with Crippen LogP contribution < -0.4 is 10.5 Å². The first-order chi connectivity index (χ1) is 10.1. The van der Waals surface area contributed by atoms with Gasteiger partial charge in [-0.25, -0.2) is 4.79 Å². The number of amides is 1. The lowest BCUT2D eigenvalue weighted by atomic mass is 10.3. The number of anilines is 1. The third-order valence-electron chi connectivity index (χ3n) is 2.79. The van der Waals surface area contributed by atoms with Crippen molar-refractivity contribution in [1.29, 1.82) is 0 Å². The van der Waals surface area contributed by atoms with Crippen LogP contribution in [-0.2, 0) is 9.47 Å². The summed E-state index contributed by atoms with van der Waals surface area (Å²) in [6.07, 6.45) is 1.07. The third kappa shape index (κ3) is 4.19. The number of nitrogens with two attached hydrogens (primary N) is 1. The number of carbonyl (C=O) groups is 1. The summed E-state index contributed by atoms with van der Waals surface area (Å²) in [5.41, 5.74) is 6.17. The van der Waals surface area contributed by atoms with Crippen molar-refractivity contribution in [2.24, 2.45) is 0 Å². The van der Waals surface area contributed by atoms with E-state index in [1.54, 1.807) is 30.0 Å². The Kier molecular flexibility index (Phi) is 5.16. The Bertz CT molecular complexity index is 548. The third-order valence-corrected chi connectivity index (χ3v) is 3.09. The molecule has 1 aliphatic rings. The van der Waals surface area contributed by atoms with Crippen molar-refractivity contribution in [2.45, 2.75) is 6.92 Å². The molecule has 0 radical (unpaired) electrons. The molecule has 6 nitrogen and oxygen atoms in total. The van der Waals surface area contributed by atoms with Gasteiger partial charge in [0.15, 0.2) is 5.76 Å². The number of rotatable bonds is 3. The minimum atomic E-state index is -0.364. The summed E-state index contributed by atoms with van der Waals surface area (Å²) in [4.78, 5) is 13.2. The first-order valence-electron chi connectivity index (χ1n) is 6.55. The Morgan fingerprint density at radius 2 is 2.38 bits per heavy atom. The lowest BCUT2D eigenvalue weighted by Crippen LogP contribution is -2.40. The summed E-state index contributed by atoms with van der Waals surface area (Å²) in [5, 5.41) is 0.407. The lowest BCUT2D eigenvalue weighted by molar-refractivity contribution is 0.0616. The number of hydrogen-bond acceptors (Lipinski definition) is 5. The number of ether oxygens (including phenoxy) is 3. The Morgan fingerprint density at radius 3 is 3.10 bits per heavy atom. The zero-order valence-electron chi connectivity index (χ0n) is 11.7. The maximum Gasteiger partial charge on any atom is 0.410 e. The molecule has 0 aliphatic carbocycles. The Hall–Kier alpha value is -2.08. The maximum absolute atomic E-state index is 11.7. The van der Waals surface area contributed by atoms with Crippen LogP contribution in [0.2, 0.25) is 5.02 Å². The zero-order chi connectivity index (χ0) is 15.2. The first-order valence-corrected chi connectivity index (χ1v) is 6.93. The van der Waals surface area contributed by atoms with Crippen LogP contribution in [0.5, 0.6) is 5.75 Å². The molecule has 2 rings (SSSR count). The average Bonchev–Trinajstić information content (AvgIpc) is 2.47. The topological polar surface area (TPSA) is 74.0 Å². The van der Waals surface area contributed by atoms with E-state index in [0.717, 1.165) is 0 Å². The van der Waals surface area contributed by atoms with Crippen molar-refractivity contribution in [3.63, 3.8) is 0 Å². The van der Waals surface area contributed by atoms with Gasteiger partial charge in [0.2, 0.25) is 0 Å². The predicted molar refractivity (Wildman–Crippen MR) is 79.1 cm³/mol. The van der Waals surface area contributed by atoms with Gasteiger partial charge in [-0.1, -0.05) is 11.6 Å². The SMILES string of the molecule is CCOC(=O)N1CCOC(=COc2ccc(N)cc2Cl)C1. The average molecular weight is 313 g/mol. The quantitative estimate of drug-likeness (QED) is 0.686. The number of halogens is 1. The van der Waals surface area contributed by atoms with Crippen LogP contribution in [0.4, 0.5) is 10.5 Å². The Balaban J connectivity index is 1.99. The van der Waals surface area contributed by atoms with Crippen molar-refractivity contribution < 1.29 is 19.0 Å². The van der Waals surface area contributed by atoms with Crippen LogP contribution in [0, 0.1) is 0 Å². The van der Waals surface area contributed by atoms with Gasteiger partial charge in [0.25, 0.3) is 0 Å². The summed E-state index contributed by atoms with van der Waals surface area (Å²) in [6, 6.07) is 4.95. The number of nitrogens with zero attached hydrogens (tertiary/aromatic N) is 1. The molecule has 21 heavy (non-hydrogen) atoms. The molecule has 0 aromatic heterocycles. The molecule has 1 saturated heterocycles. The van der Waals surface area contributed by atoms with Gasteiger partial charge in [-0.15, -0.1) is 0 Å². The molecule has 1 fully saturated rings. The normalized spacial score (nSPS) is 16.5. The molecule has 0 bridgehead atoms. The van der Waals surface area contributed by atoms with Crippen molar-refractivity contribution in [2.75, 3.05) is 32.0 Å². The van der Waals surface area contributed by atoms with Crippen molar-refractivity contribution in [1.82, 2.24) is 4.90 Å². The molecular formula is C14H17ClN2O4. The van der Waals surface area contributed by atoms with Gasteiger partial charge in [0.05, 0.1) is 24.7 Å². The zero-order valence-corrected chi connectivity index (χ0v) is 12.4. The Morgan fingerprint density at radius 1 is 1.57 bits per heavy atom. The molecule has 1 aromatic carbocycles. The number of morpholine rings is 1. The van der Waals surface area contributed by atoms with Crippen molar-refractivity contribution in [3.8, 4) is 5.75 Å². The molecule has 114 valence electrons. The summed E-state index contributed by atoms with van der Waals surface area (Å²) in [7, 11) is 0. The Labute approximate surface area is 128 Å². The lowest BCUT2D eigenvalue weighted by Gasteiger charge is -2.27. The van der Waals surface area contributed by atoms with Crippen LogP contribution in [0.3, 0.4) is 0 Å². The monoisotopic (exact) mass is 312 g/mol. The van der Waals surface area contributed by atoms with Gasteiger partial charge >= 0.3 is 6.09 Å². The fourth-order valence-corrected chi connectivity index (χ4v) is 2.02. The standard InChI is InChI=1S/C14H17ClN2O4/c1-2-19-14(18)17-5-6-20-11(8-17)9-21-13-4-3-10(16)7-12(13)15/h3-4,7,9H,2,5-6,8,16H2,1H3. The molecule has 1 aromatic rings. The van der Waals surface area contributed by atoms with E-state index in [1.807, 2.05) is 0 Å². The first kappa shape index (κ1) is 15.3. The van der Waals surface area contributed by atoms with Crippen LogP contribution in [0.1, 0.15) is 6.92 Å². The predicted octanol–water partition coefficient (Wildman–Crippen LogP) is 2.63. The van der Waals surface area contributed by atoms with Gasteiger partial charge < -0.3 is 19.9 Å². The van der Waals surface area contributed by atoms with Crippen LogP contribution in [0.25, 0.3) is 0 Å². The van der Waals surface area contributed by atoms with E-state index < -0.39 is 0 Å². The minimum absolute atomic E-state index is 0.297. The van der Waals surface area contributed by atoms with Gasteiger partial charge in [-0.2, -0.15) is 0 Å². The smallest absolute Gasteiger partial charge is 0.410 e. The van der Waals surface area contributed by atoms with Crippen LogP contribution in [0.15, 0.2) is 30.2 Å². The summed E-state index contributed by atoms with van der Waals surface area (Å²) in [5.74, 6) is 0.998. The summed E-state index contributed by atoms with van der Waals surface area (Å²) >= 11 is 6.01. The number of nitrogen functional groups attached to an aromatic ring is 1. The van der Waals surface area contributed by atoms with Crippen LogP contribution in [-0.4, -0.2) is 37.3 Å². The molecule has 0 saturated carbocycles. The summed E-state index contributed by atoms with van der Waals surface area (Å²) in [6.45, 7) is 3.28. The molecule has 1 aliphatic heterocycles. The highest BCUT2D eigenvalue weighted by atomic mass is 35.5. The van der Waals surface area contributed by atoms with E-state index >= 15 is 0 Å². The van der Waals surface area contributed by atoms with Gasteiger partial charge in [-0.05, 0) is 25.1 Å². The molecule has 2 N–H and O–H groups in total. The number of benzene rings is 1. The maximum atomic E-state index is 11.7. The number of carbonyl (C=O) groups excluding carboxylic acids is 1. The van der Waals surface area contributed by atoms with E-state index in [-0.39, 0.29) is 6.09 Å². The molecule has 1 amide bonds. The molecular weight excluding hydrogens is 296 g/mol. The van der Waals surface area contributed by atoms with Crippen molar-refractivity contribution in [3.05, 3.63) is 35.2 Å². The molecule has 0 unspecified atom stereocenters. The van der Waals surface area contributed by atoms with Gasteiger partial charge in [0.1, 0.15) is 18.6 Å². The summed E-state index contributed by atoms with van der Waals surface area (Å²) < 4.78 is 15.9. The van der Waals surface area contributed by atoms with E-state index in [2.05, 4.69) is 0 Å². The highest BCUT2D eigenvalue weighted by molar-refractivity contribution is 6.32. The molecule has 0 atom stereocenters. The molecule has 7 heteroatoms. The molecule has 0 spiro atoms. The fraction of sp³-hybridized carbons (Fsp3) is 0.357. The van der Waals surface area contributed by atoms with Gasteiger partial charge in [0, 0.05) is 5.69 Å². The number of hydrogen-bond donors (Lipinski definition) is 1. The molecule has 1 heterocycles. The fourth-order valence-electron chi connectivity index (χ4n) is 1.78. The second-order valence-electron chi connectivity index (χ2n) is 4.36.